The van der Waals surface area contributed by atoms with Crippen molar-refractivity contribution in [1.82, 2.24) is 15.1 Å². The molecule has 3 aliphatic heterocycles. The third-order valence-corrected chi connectivity index (χ3v) is 11.1. The van der Waals surface area contributed by atoms with Gasteiger partial charge in [0.05, 0.1) is 31.9 Å². The molecular formula is C39H55ClN4O12. The van der Waals surface area contributed by atoms with Gasteiger partial charge < -0.3 is 48.6 Å². The van der Waals surface area contributed by atoms with Crippen molar-refractivity contribution in [3.63, 3.8) is 0 Å². The molecule has 0 radical (unpaired) electrons. The van der Waals surface area contributed by atoms with Crippen LogP contribution in [-0.2, 0) is 44.5 Å². The maximum atomic E-state index is 14.1. The number of rotatable bonds is 11. The largest absolute Gasteiger partial charge is 0.495 e. The zero-order chi connectivity index (χ0) is 41.5. The predicted octanol–water partition coefficient (Wildman–Crippen LogP) is 2.89. The molecule has 0 saturated carbocycles. The van der Waals surface area contributed by atoms with E-state index in [1.165, 1.54) is 42.9 Å². The Kier molecular flexibility index (Phi) is 14.9. The molecule has 56 heavy (non-hydrogen) atoms. The van der Waals surface area contributed by atoms with E-state index in [0.717, 1.165) is 11.1 Å². The number of carbonyl (C=O) groups excluding carboxylic acids is 5. The number of epoxide rings is 1. The molecule has 1 aromatic carbocycles. The Labute approximate surface area is 332 Å². The van der Waals surface area contributed by atoms with E-state index >= 15 is 0 Å². The average molecular weight is 807 g/mol. The lowest BCUT2D eigenvalue weighted by atomic mass is 9.90. The number of benzene rings is 1. The Balaban J connectivity index is 1.63. The van der Waals surface area contributed by atoms with E-state index in [1.54, 1.807) is 45.3 Å². The van der Waals surface area contributed by atoms with Crippen molar-refractivity contribution in [2.75, 3.05) is 53.4 Å². The van der Waals surface area contributed by atoms with E-state index in [0.29, 0.717) is 17.9 Å². The van der Waals surface area contributed by atoms with E-state index in [1.807, 2.05) is 13.0 Å². The molecule has 17 heteroatoms. The molecule has 2 saturated heterocycles. The number of anilines is 1. The molecule has 4 bridgehead atoms. The predicted molar refractivity (Wildman–Crippen MR) is 205 cm³/mol. The Hall–Kier alpha value is -4.22. The lowest BCUT2D eigenvalue weighted by Crippen LogP contribution is -2.62. The minimum atomic E-state index is -1.83. The SMILES string of the molecule is COc1cc2cc(c1Cl)N(C)C(=O)C[C@H](OC(=O)[C@H](C)N(C)C(=O)CCCC(=O)N(C)CCO)[C@]1(C)O[C@H]1C[C@@H]1C[C@@](O)(NC(=O)O1)[C@H](OC)/C=C/C=C(/C)C2. The van der Waals surface area contributed by atoms with Crippen LogP contribution in [0.15, 0.2) is 35.9 Å². The quantitative estimate of drug-likeness (QED) is 0.219. The lowest BCUT2D eigenvalue weighted by molar-refractivity contribution is -0.162. The van der Waals surface area contributed by atoms with Crippen LogP contribution in [0.25, 0.3) is 0 Å². The summed E-state index contributed by atoms with van der Waals surface area (Å²) in [6.07, 6.45) is 1.13. The fourth-order valence-electron chi connectivity index (χ4n) is 6.90. The van der Waals surface area contributed by atoms with Crippen molar-refractivity contribution in [3.05, 3.63) is 46.5 Å². The first-order chi connectivity index (χ1) is 26.4. The third kappa shape index (κ3) is 10.6. The Bertz CT molecular complexity index is 1710. The van der Waals surface area contributed by atoms with E-state index in [9.17, 15) is 29.1 Å². The molecule has 1 aromatic rings. The number of aliphatic hydroxyl groups is 2. The molecule has 0 aromatic heterocycles. The fourth-order valence-corrected chi connectivity index (χ4v) is 7.21. The van der Waals surface area contributed by atoms with E-state index < -0.39 is 65.7 Å². The molecule has 2 fully saturated rings. The summed E-state index contributed by atoms with van der Waals surface area (Å²) in [7, 11) is 7.45. The van der Waals surface area contributed by atoms with Crippen LogP contribution < -0.4 is 15.0 Å². The minimum absolute atomic E-state index is 0.0118. The molecule has 0 unspecified atom stereocenters. The second-order valence-electron chi connectivity index (χ2n) is 14.8. The number of nitrogens with zero attached hydrogens (tertiary/aromatic N) is 3. The molecule has 3 aliphatic rings. The molecule has 3 N–H and O–H groups in total. The molecule has 0 spiro atoms. The number of hydrogen-bond acceptors (Lipinski definition) is 12. The number of alkyl carbamates (subject to hydrolysis) is 1. The maximum absolute atomic E-state index is 14.1. The molecule has 4 rings (SSSR count). The molecule has 16 nitrogen and oxygen atoms in total. The normalized spacial score (nSPS) is 28.7. The van der Waals surface area contributed by atoms with Crippen molar-refractivity contribution in [2.24, 2.45) is 0 Å². The zero-order valence-electron chi connectivity index (χ0n) is 33.3. The summed E-state index contributed by atoms with van der Waals surface area (Å²) in [5.41, 5.74) is -1.01. The van der Waals surface area contributed by atoms with Crippen LogP contribution in [-0.4, -0.2) is 140 Å². The summed E-state index contributed by atoms with van der Waals surface area (Å²) in [5.74, 6) is -1.53. The van der Waals surface area contributed by atoms with Gasteiger partial charge >= 0.3 is 12.1 Å². The number of amides is 4. The number of fused-ring (bicyclic) bond motifs is 5. The number of halogens is 1. The third-order valence-electron chi connectivity index (χ3n) is 10.7. The number of esters is 1. The number of carbonyl (C=O) groups is 5. The topological polar surface area (TPSA) is 197 Å². The second-order valence-corrected chi connectivity index (χ2v) is 15.2. The van der Waals surface area contributed by atoms with Gasteiger partial charge in [-0.3, -0.25) is 19.7 Å². The smallest absolute Gasteiger partial charge is 0.409 e. The number of hydrogen-bond donors (Lipinski definition) is 3. The summed E-state index contributed by atoms with van der Waals surface area (Å²) >= 11 is 6.74. The van der Waals surface area contributed by atoms with Gasteiger partial charge in [0, 0.05) is 60.5 Å². The van der Waals surface area contributed by atoms with Crippen LogP contribution in [0.5, 0.6) is 5.75 Å². The van der Waals surface area contributed by atoms with Crippen LogP contribution in [0.4, 0.5) is 10.5 Å². The highest BCUT2D eigenvalue weighted by Crippen LogP contribution is 2.47. The van der Waals surface area contributed by atoms with Gasteiger partial charge in [-0.15, -0.1) is 0 Å². The van der Waals surface area contributed by atoms with Crippen molar-refractivity contribution in [1.29, 1.82) is 0 Å². The van der Waals surface area contributed by atoms with Crippen molar-refractivity contribution in [2.45, 2.75) is 108 Å². The average Bonchev–Trinajstić information content (AvgIpc) is 3.80. The molecule has 7 atom stereocenters. The number of methoxy groups -OCH3 is 2. The number of likely N-dealkylation sites (N-methyl/N-ethyl adjacent to an activating group) is 2. The highest BCUT2D eigenvalue weighted by Gasteiger charge is 2.61. The number of aliphatic hydroxyl groups excluding tert-OH is 1. The van der Waals surface area contributed by atoms with Crippen molar-refractivity contribution in [3.8, 4) is 5.75 Å². The standard InChI is InChI=1S/C39H55ClN4O12/c1-23-11-9-12-29(53-8)39(51)22-26(54-37(50)41-39)20-31-38(3,56-31)30(21-34(48)44(6)27-18-25(17-23)19-28(52-7)35(27)40)55-36(49)24(2)43(5)33(47)14-10-13-32(46)42(4)15-16-45/h9,11-12,18-19,24,26,29-31,45,51H,10,13-17,20-22H2,1-8H3,(H,41,50)/b12-9+,23-11-/t24-,26+,29+,30-,31-,38-,39-/m0/s1. The van der Waals surface area contributed by atoms with Gasteiger partial charge in [0.2, 0.25) is 17.7 Å². The van der Waals surface area contributed by atoms with Gasteiger partial charge in [-0.05, 0) is 51.3 Å². The Morgan fingerprint density at radius 2 is 1.86 bits per heavy atom. The van der Waals surface area contributed by atoms with Gasteiger partial charge in [-0.25, -0.2) is 9.59 Å². The summed E-state index contributed by atoms with van der Waals surface area (Å²) < 4.78 is 28.9. The lowest BCUT2D eigenvalue weighted by Gasteiger charge is -2.40. The van der Waals surface area contributed by atoms with Gasteiger partial charge in [-0.2, -0.15) is 0 Å². The molecule has 3 heterocycles. The Morgan fingerprint density at radius 1 is 1.16 bits per heavy atom. The highest BCUT2D eigenvalue weighted by molar-refractivity contribution is 6.35. The van der Waals surface area contributed by atoms with Gasteiger partial charge in [-0.1, -0.05) is 35.4 Å². The zero-order valence-corrected chi connectivity index (χ0v) is 34.1. The minimum Gasteiger partial charge on any atom is -0.495 e. The Morgan fingerprint density at radius 3 is 2.52 bits per heavy atom. The first-order valence-corrected chi connectivity index (χ1v) is 18.9. The van der Waals surface area contributed by atoms with Crippen molar-refractivity contribution >= 4 is 47.1 Å². The molecule has 4 amide bonds. The first-order valence-electron chi connectivity index (χ1n) is 18.6. The number of nitrogens with one attached hydrogen (secondary N) is 1. The monoisotopic (exact) mass is 806 g/mol. The highest BCUT2D eigenvalue weighted by atomic mass is 35.5. The van der Waals surface area contributed by atoms with Crippen LogP contribution in [0, 0.1) is 0 Å². The second kappa shape index (κ2) is 18.8. The molecule has 310 valence electrons. The summed E-state index contributed by atoms with van der Waals surface area (Å²) in [5, 5.41) is 23.4. The van der Waals surface area contributed by atoms with Gasteiger partial charge in [0.25, 0.3) is 0 Å². The fraction of sp³-hybridized carbons (Fsp3) is 0.615. The molecule has 0 aliphatic carbocycles. The van der Waals surface area contributed by atoms with Crippen LogP contribution in [0.1, 0.15) is 64.9 Å². The first kappa shape index (κ1) is 44.5. The summed E-state index contributed by atoms with van der Waals surface area (Å²) in [6.45, 7) is 5.09. The van der Waals surface area contributed by atoms with Gasteiger partial charge in [0.1, 0.15) is 40.7 Å². The van der Waals surface area contributed by atoms with E-state index in [2.05, 4.69) is 5.32 Å². The maximum Gasteiger partial charge on any atom is 0.409 e. The van der Waals surface area contributed by atoms with Crippen LogP contribution in [0.2, 0.25) is 5.02 Å². The van der Waals surface area contributed by atoms with E-state index in [4.69, 9.17) is 40.4 Å². The van der Waals surface area contributed by atoms with Crippen LogP contribution in [0.3, 0.4) is 0 Å². The number of allylic oxidation sites excluding steroid dienone is 3. The van der Waals surface area contributed by atoms with Gasteiger partial charge in [0.15, 0.2) is 5.72 Å². The van der Waals surface area contributed by atoms with E-state index in [-0.39, 0.29) is 62.6 Å². The molecular weight excluding hydrogens is 752 g/mol. The van der Waals surface area contributed by atoms with Crippen LogP contribution >= 0.6 is 11.6 Å². The summed E-state index contributed by atoms with van der Waals surface area (Å²) in [6, 6.07) is 2.47. The van der Waals surface area contributed by atoms with Crippen molar-refractivity contribution < 1.29 is 57.9 Å². The summed E-state index contributed by atoms with van der Waals surface area (Å²) in [4.78, 5) is 69.9. The number of ether oxygens (including phenoxy) is 5.